The summed E-state index contributed by atoms with van der Waals surface area (Å²) in [6.45, 7) is 5.79. The summed E-state index contributed by atoms with van der Waals surface area (Å²) in [7, 11) is 4.75. The zero-order valence-corrected chi connectivity index (χ0v) is 16.6. The Morgan fingerprint density at radius 3 is 1.83 bits per heavy atom. The number of unbranched alkanes of at least 4 members (excludes halogenated alkanes) is 7. The lowest BCUT2D eigenvalue weighted by Crippen LogP contribution is -3.00. The van der Waals surface area contributed by atoms with Crippen LogP contribution in [0.1, 0.15) is 83.2 Å². The summed E-state index contributed by atoms with van der Waals surface area (Å²) in [6, 6.07) is 11.8. The van der Waals surface area contributed by atoms with Crippen molar-refractivity contribution in [1.29, 1.82) is 0 Å². The second-order valence-electron chi connectivity index (χ2n) is 7.28. The fraction of sp³-hybridized carbons (Fsp3) is 0.714. The molecule has 0 heterocycles. The van der Waals surface area contributed by atoms with E-state index >= 15 is 0 Å². The highest BCUT2D eigenvalue weighted by Crippen LogP contribution is 2.30. The number of quaternary nitrogens is 1. The van der Waals surface area contributed by atoms with Crippen LogP contribution in [0.3, 0.4) is 0 Å². The van der Waals surface area contributed by atoms with Crippen LogP contribution < -0.4 is 12.4 Å². The zero-order valence-electron chi connectivity index (χ0n) is 15.9. The van der Waals surface area contributed by atoms with Crippen molar-refractivity contribution in [3.8, 4) is 0 Å². The van der Waals surface area contributed by atoms with Crippen molar-refractivity contribution >= 4 is 0 Å². The Balaban J connectivity index is 0.00000484. The second kappa shape index (κ2) is 12.8. The summed E-state index contributed by atoms with van der Waals surface area (Å²) >= 11 is 0. The van der Waals surface area contributed by atoms with Crippen LogP contribution in [0.15, 0.2) is 30.3 Å². The van der Waals surface area contributed by atoms with E-state index in [0.29, 0.717) is 6.04 Å². The molecule has 0 saturated carbocycles. The average molecular weight is 340 g/mol. The summed E-state index contributed by atoms with van der Waals surface area (Å²) in [6.07, 6.45) is 12.6. The van der Waals surface area contributed by atoms with E-state index in [-0.39, 0.29) is 12.4 Å². The molecular formula is C21H38ClN. The molecule has 0 aliphatic carbocycles. The first-order valence-corrected chi connectivity index (χ1v) is 9.49. The Labute approximate surface area is 151 Å². The molecule has 1 unspecified atom stereocenters. The van der Waals surface area contributed by atoms with Gasteiger partial charge in [0.2, 0.25) is 0 Å². The maximum absolute atomic E-state index is 2.38. The van der Waals surface area contributed by atoms with Gasteiger partial charge in [-0.1, -0.05) is 82.2 Å². The van der Waals surface area contributed by atoms with Crippen molar-refractivity contribution in [2.45, 2.75) is 77.7 Å². The van der Waals surface area contributed by atoms with Crippen molar-refractivity contribution < 1.29 is 16.9 Å². The Morgan fingerprint density at radius 2 is 1.30 bits per heavy atom. The highest BCUT2D eigenvalue weighted by Gasteiger charge is 2.27. The topological polar surface area (TPSA) is 0 Å². The van der Waals surface area contributed by atoms with Gasteiger partial charge in [0, 0.05) is 12.0 Å². The van der Waals surface area contributed by atoms with E-state index in [1.165, 1.54) is 69.9 Å². The number of nitrogens with zero attached hydrogens (tertiary/aromatic N) is 1. The summed E-state index contributed by atoms with van der Waals surface area (Å²) in [5.41, 5.74) is 1.51. The molecule has 0 N–H and O–H groups in total. The molecule has 1 nitrogen and oxygen atoms in total. The minimum absolute atomic E-state index is 0. The van der Waals surface area contributed by atoms with E-state index in [9.17, 15) is 0 Å². The van der Waals surface area contributed by atoms with E-state index in [0.717, 1.165) is 4.48 Å². The Hall–Kier alpha value is -0.530. The Morgan fingerprint density at radius 1 is 0.783 bits per heavy atom. The smallest absolute Gasteiger partial charge is 0.114 e. The standard InChI is InChI=1S/C21H38N.ClH/c1-5-7-8-9-10-11-12-16-19-21(22(3,4)6-2)20-17-14-13-15-18-20;/h13-15,17-18,21H,5-12,16,19H2,1-4H3;1H/q+1;/p-1. The lowest BCUT2D eigenvalue weighted by molar-refractivity contribution is -0.920. The van der Waals surface area contributed by atoms with Gasteiger partial charge in [-0.2, -0.15) is 0 Å². The molecule has 2 heteroatoms. The highest BCUT2D eigenvalue weighted by atomic mass is 35.5. The van der Waals surface area contributed by atoms with Crippen molar-refractivity contribution in [1.82, 2.24) is 0 Å². The maximum atomic E-state index is 2.38. The third-order valence-corrected chi connectivity index (χ3v) is 5.17. The van der Waals surface area contributed by atoms with Gasteiger partial charge in [0.15, 0.2) is 0 Å². The van der Waals surface area contributed by atoms with Gasteiger partial charge >= 0.3 is 0 Å². The third-order valence-electron chi connectivity index (χ3n) is 5.17. The van der Waals surface area contributed by atoms with Crippen LogP contribution in [0.25, 0.3) is 0 Å². The molecule has 1 aromatic carbocycles. The number of rotatable bonds is 12. The van der Waals surface area contributed by atoms with Crippen LogP contribution >= 0.6 is 0 Å². The molecule has 1 rings (SSSR count). The lowest BCUT2D eigenvalue weighted by Gasteiger charge is -2.37. The number of halogens is 1. The number of hydrogen-bond donors (Lipinski definition) is 0. The molecular weight excluding hydrogens is 302 g/mol. The first-order valence-electron chi connectivity index (χ1n) is 9.49. The highest BCUT2D eigenvalue weighted by molar-refractivity contribution is 5.17. The normalized spacial score (nSPS) is 12.7. The number of hydrogen-bond acceptors (Lipinski definition) is 0. The van der Waals surface area contributed by atoms with Gasteiger partial charge in [0.1, 0.15) is 6.04 Å². The predicted octanol–water partition coefficient (Wildman–Crippen LogP) is 3.36. The molecule has 0 aliphatic heterocycles. The second-order valence-corrected chi connectivity index (χ2v) is 7.28. The van der Waals surface area contributed by atoms with Gasteiger partial charge in [0.05, 0.1) is 20.6 Å². The fourth-order valence-corrected chi connectivity index (χ4v) is 3.29. The monoisotopic (exact) mass is 339 g/mol. The van der Waals surface area contributed by atoms with Gasteiger partial charge in [-0.05, 0) is 13.3 Å². The average Bonchev–Trinajstić information content (AvgIpc) is 2.54. The summed E-state index contributed by atoms with van der Waals surface area (Å²) < 4.78 is 1.10. The van der Waals surface area contributed by atoms with Crippen LogP contribution in [-0.4, -0.2) is 25.1 Å². The van der Waals surface area contributed by atoms with Crippen molar-refractivity contribution in [3.05, 3.63) is 35.9 Å². The van der Waals surface area contributed by atoms with Gasteiger partial charge in [-0.3, -0.25) is 0 Å². The molecule has 1 aromatic rings. The minimum Gasteiger partial charge on any atom is -1.00 e. The van der Waals surface area contributed by atoms with Gasteiger partial charge in [0.25, 0.3) is 0 Å². The van der Waals surface area contributed by atoms with Crippen LogP contribution in [0, 0.1) is 0 Å². The van der Waals surface area contributed by atoms with Crippen molar-refractivity contribution in [2.24, 2.45) is 0 Å². The van der Waals surface area contributed by atoms with Crippen molar-refractivity contribution in [2.75, 3.05) is 20.6 Å². The molecule has 0 saturated heterocycles. The largest absolute Gasteiger partial charge is 1.00 e. The van der Waals surface area contributed by atoms with Gasteiger partial charge in [-0.25, -0.2) is 0 Å². The Bertz CT molecular complexity index is 375. The van der Waals surface area contributed by atoms with E-state index < -0.39 is 0 Å². The number of benzene rings is 1. The lowest BCUT2D eigenvalue weighted by atomic mass is 9.96. The maximum Gasteiger partial charge on any atom is 0.114 e. The molecule has 0 radical (unpaired) electrons. The summed E-state index contributed by atoms with van der Waals surface area (Å²) in [4.78, 5) is 0. The first-order chi connectivity index (χ1) is 10.6. The predicted molar refractivity (Wildman–Crippen MR) is 99.1 cm³/mol. The van der Waals surface area contributed by atoms with Crippen LogP contribution in [-0.2, 0) is 0 Å². The fourth-order valence-electron chi connectivity index (χ4n) is 3.29. The summed E-state index contributed by atoms with van der Waals surface area (Å²) in [5.74, 6) is 0. The minimum atomic E-state index is 0. The molecule has 0 spiro atoms. The molecule has 0 aliphatic rings. The van der Waals surface area contributed by atoms with Crippen LogP contribution in [0.4, 0.5) is 0 Å². The molecule has 0 amide bonds. The molecule has 1 atom stereocenters. The van der Waals surface area contributed by atoms with Crippen LogP contribution in [0.2, 0.25) is 0 Å². The first kappa shape index (κ1) is 22.5. The quantitative estimate of drug-likeness (QED) is 0.404. The Kier molecular flexibility index (Phi) is 12.5. The third kappa shape index (κ3) is 8.77. The molecule has 0 aromatic heterocycles. The van der Waals surface area contributed by atoms with Crippen molar-refractivity contribution in [3.63, 3.8) is 0 Å². The molecule has 0 fully saturated rings. The van der Waals surface area contributed by atoms with E-state index in [4.69, 9.17) is 0 Å². The van der Waals surface area contributed by atoms with Gasteiger partial charge < -0.3 is 16.9 Å². The molecule has 134 valence electrons. The molecule has 23 heavy (non-hydrogen) atoms. The van der Waals surface area contributed by atoms with E-state index in [1.807, 2.05) is 0 Å². The SMILES string of the molecule is CCCCCCCCCCC(c1ccccc1)[N+](C)(C)CC.[Cl-]. The van der Waals surface area contributed by atoms with E-state index in [2.05, 4.69) is 58.3 Å². The zero-order chi connectivity index (χ0) is 16.3. The van der Waals surface area contributed by atoms with E-state index in [1.54, 1.807) is 0 Å². The van der Waals surface area contributed by atoms with Gasteiger partial charge in [-0.15, -0.1) is 0 Å². The molecule has 0 bridgehead atoms. The van der Waals surface area contributed by atoms with Crippen LogP contribution in [0.5, 0.6) is 0 Å². The summed E-state index contributed by atoms with van der Waals surface area (Å²) in [5, 5.41) is 0.